The minimum Gasteiger partial charge on any atom is -0.489 e. The van der Waals surface area contributed by atoms with Crippen LogP contribution in [0.4, 0.5) is 0 Å². The zero-order valence-electron chi connectivity index (χ0n) is 17.1. The molecule has 0 fully saturated rings. The van der Waals surface area contributed by atoms with Gasteiger partial charge in [0.25, 0.3) is 5.91 Å². The molecule has 3 rings (SSSR count). The second-order valence-corrected chi connectivity index (χ2v) is 10.0. The van der Waals surface area contributed by atoms with Crippen molar-refractivity contribution in [2.45, 2.75) is 44.2 Å². The van der Waals surface area contributed by atoms with Crippen LogP contribution in [0.3, 0.4) is 0 Å². The zero-order chi connectivity index (χ0) is 21.9. The lowest BCUT2D eigenvalue weighted by Gasteiger charge is -2.21. The molecule has 2 aromatic rings. The number of hydrogen-bond donors (Lipinski definition) is 2. The molecule has 0 saturated heterocycles. The van der Waals surface area contributed by atoms with Crippen LogP contribution in [-0.4, -0.2) is 33.1 Å². The topological polar surface area (TPSA) is 93.7 Å². The second kappa shape index (κ2) is 8.83. The summed E-state index contributed by atoms with van der Waals surface area (Å²) in [6.07, 6.45) is 0.723. The molecule has 0 spiro atoms. The highest BCUT2D eigenvalue weighted by atomic mass is 35.5. The quantitative estimate of drug-likeness (QED) is 0.724. The average molecular weight is 453 g/mol. The number of nitrogens with one attached hydrogen (secondary N) is 2. The summed E-state index contributed by atoms with van der Waals surface area (Å²) in [6, 6.07) is 9.63. The van der Waals surface area contributed by atoms with Crippen LogP contribution in [0.1, 0.15) is 43.1 Å². The van der Waals surface area contributed by atoms with E-state index in [1.54, 1.807) is 45.0 Å². The number of ether oxygens (including phenoxy) is 2. The predicted molar refractivity (Wildman–Crippen MR) is 115 cm³/mol. The number of sulfonamides is 1. The maximum atomic E-state index is 12.7. The number of carbonyl (C=O) groups excluding carboxylic acids is 1. The zero-order valence-corrected chi connectivity index (χ0v) is 18.7. The standard InChI is InChI=1S/C21H25ClN2O5S/c1-21(2,3)24-30(26,27)18-8-5-4-7-14(18)13-23-20(25)15-11-16(22)19-17(12-15)28-9-6-10-29-19/h4-5,7-8,11-12,24H,6,9-10,13H2,1-3H3,(H,23,25). The molecular weight excluding hydrogens is 428 g/mol. The monoisotopic (exact) mass is 452 g/mol. The lowest BCUT2D eigenvalue weighted by atomic mass is 10.1. The molecule has 30 heavy (non-hydrogen) atoms. The van der Waals surface area contributed by atoms with Gasteiger partial charge in [0.2, 0.25) is 10.0 Å². The molecule has 9 heteroatoms. The average Bonchev–Trinajstić information content (AvgIpc) is 2.90. The Morgan fingerprint density at radius 1 is 1.13 bits per heavy atom. The lowest BCUT2D eigenvalue weighted by Crippen LogP contribution is -2.41. The highest BCUT2D eigenvalue weighted by Crippen LogP contribution is 2.38. The number of hydrogen-bond acceptors (Lipinski definition) is 5. The van der Waals surface area contributed by atoms with Gasteiger partial charge in [0.15, 0.2) is 11.5 Å². The summed E-state index contributed by atoms with van der Waals surface area (Å²) in [4.78, 5) is 12.8. The van der Waals surface area contributed by atoms with Crippen LogP contribution in [0.5, 0.6) is 11.5 Å². The van der Waals surface area contributed by atoms with Crippen LogP contribution >= 0.6 is 11.6 Å². The summed E-state index contributed by atoms with van der Waals surface area (Å²) in [5, 5.41) is 3.04. The van der Waals surface area contributed by atoms with E-state index in [4.69, 9.17) is 21.1 Å². The van der Waals surface area contributed by atoms with Crippen molar-refractivity contribution in [2.75, 3.05) is 13.2 Å². The first-order valence-electron chi connectivity index (χ1n) is 9.56. The number of carbonyl (C=O) groups is 1. The largest absolute Gasteiger partial charge is 0.489 e. The van der Waals surface area contributed by atoms with Gasteiger partial charge in [-0.2, -0.15) is 0 Å². The summed E-state index contributed by atoms with van der Waals surface area (Å²) in [5.41, 5.74) is 0.149. The van der Waals surface area contributed by atoms with Gasteiger partial charge in [-0.15, -0.1) is 0 Å². The number of rotatable bonds is 5. The first-order chi connectivity index (χ1) is 14.1. The van der Waals surface area contributed by atoms with E-state index in [9.17, 15) is 13.2 Å². The molecule has 1 amide bonds. The van der Waals surface area contributed by atoms with Gasteiger partial charge in [0, 0.05) is 24.1 Å². The minimum atomic E-state index is -3.74. The van der Waals surface area contributed by atoms with Gasteiger partial charge in [-0.3, -0.25) is 4.79 Å². The first-order valence-corrected chi connectivity index (χ1v) is 11.4. The van der Waals surface area contributed by atoms with Crippen molar-refractivity contribution >= 4 is 27.5 Å². The third-order valence-corrected chi connectivity index (χ3v) is 6.35. The van der Waals surface area contributed by atoms with Gasteiger partial charge in [-0.25, -0.2) is 13.1 Å². The van der Waals surface area contributed by atoms with E-state index in [2.05, 4.69) is 10.0 Å². The fourth-order valence-electron chi connectivity index (χ4n) is 3.01. The minimum absolute atomic E-state index is 0.0338. The Kier molecular flexibility index (Phi) is 6.59. The molecule has 0 bridgehead atoms. The van der Waals surface area contributed by atoms with Crippen molar-refractivity contribution in [3.05, 3.63) is 52.5 Å². The predicted octanol–water partition coefficient (Wildman–Crippen LogP) is 3.51. The normalized spacial score (nSPS) is 14.1. The van der Waals surface area contributed by atoms with Crippen molar-refractivity contribution in [1.29, 1.82) is 0 Å². The Morgan fingerprint density at radius 2 is 1.83 bits per heavy atom. The van der Waals surface area contributed by atoms with Crippen LogP contribution in [0.2, 0.25) is 5.02 Å². The van der Waals surface area contributed by atoms with Crippen LogP contribution in [0.15, 0.2) is 41.3 Å². The van der Waals surface area contributed by atoms with Gasteiger partial charge < -0.3 is 14.8 Å². The molecule has 162 valence electrons. The van der Waals surface area contributed by atoms with E-state index in [1.807, 2.05) is 0 Å². The van der Waals surface area contributed by atoms with E-state index in [0.717, 1.165) is 6.42 Å². The fraction of sp³-hybridized carbons (Fsp3) is 0.381. The summed E-state index contributed by atoms with van der Waals surface area (Å²) in [7, 11) is -3.74. The number of fused-ring (bicyclic) bond motifs is 1. The summed E-state index contributed by atoms with van der Waals surface area (Å²) in [5.74, 6) is 0.446. The van der Waals surface area contributed by atoms with Gasteiger partial charge in [0.1, 0.15) is 0 Å². The number of benzene rings is 2. The van der Waals surface area contributed by atoms with E-state index in [0.29, 0.717) is 35.8 Å². The van der Waals surface area contributed by atoms with E-state index < -0.39 is 21.5 Å². The van der Waals surface area contributed by atoms with Gasteiger partial charge in [0.05, 0.1) is 23.1 Å². The van der Waals surface area contributed by atoms with Crippen molar-refractivity contribution < 1.29 is 22.7 Å². The van der Waals surface area contributed by atoms with E-state index in [-0.39, 0.29) is 16.5 Å². The molecule has 0 aromatic heterocycles. The third kappa shape index (κ3) is 5.44. The SMILES string of the molecule is CC(C)(C)NS(=O)(=O)c1ccccc1CNC(=O)c1cc(Cl)c2c(c1)OCCCO2. The van der Waals surface area contributed by atoms with Crippen molar-refractivity contribution in [3.63, 3.8) is 0 Å². The Labute approximate surface area is 181 Å². The first kappa shape index (κ1) is 22.4. The van der Waals surface area contributed by atoms with E-state index in [1.165, 1.54) is 12.1 Å². The van der Waals surface area contributed by atoms with Crippen molar-refractivity contribution in [2.24, 2.45) is 0 Å². The van der Waals surface area contributed by atoms with E-state index >= 15 is 0 Å². The molecule has 0 unspecified atom stereocenters. The maximum absolute atomic E-state index is 12.7. The van der Waals surface area contributed by atoms with Crippen LogP contribution in [0, 0.1) is 0 Å². The van der Waals surface area contributed by atoms with Crippen LogP contribution < -0.4 is 19.5 Å². The fourth-order valence-corrected chi connectivity index (χ4v) is 4.93. The lowest BCUT2D eigenvalue weighted by molar-refractivity contribution is 0.0950. The molecule has 2 N–H and O–H groups in total. The highest BCUT2D eigenvalue weighted by Gasteiger charge is 2.24. The van der Waals surface area contributed by atoms with Crippen LogP contribution in [-0.2, 0) is 16.6 Å². The second-order valence-electron chi connectivity index (χ2n) is 7.98. The number of amides is 1. The smallest absolute Gasteiger partial charge is 0.251 e. The van der Waals surface area contributed by atoms with Crippen LogP contribution in [0.25, 0.3) is 0 Å². The summed E-state index contributed by atoms with van der Waals surface area (Å²) < 4.78 is 39.3. The highest BCUT2D eigenvalue weighted by molar-refractivity contribution is 7.89. The van der Waals surface area contributed by atoms with Gasteiger partial charge in [-0.1, -0.05) is 29.8 Å². The molecule has 1 aliphatic rings. The molecular formula is C21H25ClN2O5S. The third-order valence-electron chi connectivity index (χ3n) is 4.21. The Morgan fingerprint density at radius 3 is 2.57 bits per heavy atom. The molecule has 7 nitrogen and oxygen atoms in total. The van der Waals surface area contributed by atoms with Gasteiger partial charge in [-0.05, 0) is 44.5 Å². The molecule has 0 radical (unpaired) electrons. The Balaban J connectivity index is 1.79. The summed E-state index contributed by atoms with van der Waals surface area (Å²) in [6.45, 7) is 6.30. The molecule has 0 aliphatic carbocycles. The van der Waals surface area contributed by atoms with Crippen molar-refractivity contribution in [3.8, 4) is 11.5 Å². The molecule has 1 heterocycles. The Bertz CT molecular complexity index is 1050. The van der Waals surface area contributed by atoms with Gasteiger partial charge >= 0.3 is 0 Å². The Hall–Kier alpha value is -2.29. The van der Waals surface area contributed by atoms with Crippen molar-refractivity contribution in [1.82, 2.24) is 10.0 Å². The summed E-state index contributed by atoms with van der Waals surface area (Å²) >= 11 is 6.26. The number of halogens is 1. The molecule has 0 saturated carbocycles. The molecule has 0 atom stereocenters. The molecule has 1 aliphatic heterocycles. The maximum Gasteiger partial charge on any atom is 0.251 e. The molecule has 2 aromatic carbocycles.